The van der Waals surface area contributed by atoms with Crippen molar-refractivity contribution in [2.45, 2.75) is 26.2 Å². The second-order valence-electron chi connectivity index (χ2n) is 4.02. The molecule has 0 atom stereocenters. The lowest BCUT2D eigenvalue weighted by atomic mass is 9.96. The molecule has 4 heteroatoms. The van der Waals surface area contributed by atoms with E-state index in [4.69, 9.17) is 9.47 Å². The zero-order chi connectivity index (χ0) is 10.8. The lowest BCUT2D eigenvalue weighted by molar-refractivity contribution is 0.335. The van der Waals surface area contributed by atoms with Gasteiger partial charge in [-0.25, -0.2) is 4.98 Å². The van der Waals surface area contributed by atoms with Gasteiger partial charge in [0, 0.05) is 5.41 Å². The molecule has 4 nitrogen and oxygen atoms in total. The summed E-state index contributed by atoms with van der Waals surface area (Å²) in [5.41, 5.74) is -0.0838. The number of hydrogen-bond donors (Lipinski definition) is 0. The first-order valence-corrected chi connectivity index (χ1v) is 4.44. The molecule has 0 radical (unpaired) electrons. The third-order valence-electron chi connectivity index (χ3n) is 1.81. The molecule has 0 bridgehead atoms. The summed E-state index contributed by atoms with van der Waals surface area (Å²) < 4.78 is 10.1. The standard InChI is InChI=1S/C10H16N2O2/c1-10(2,3)9-11-6-7(13-4)8(12-9)14-5/h6H,1-5H3. The highest BCUT2D eigenvalue weighted by atomic mass is 16.5. The summed E-state index contributed by atoms with van der Waals surface area (Å²) in [4.78, 5) is 8.49. The third kappa shape index (κ3) is 2.13. The minimum Gasteiger partial charge on any atom is -0.490 e. The summed E-state index contributed by atoms with van der Waals surface area (Å²) in [5.74, 6) is 1.78. The van der Waals surface area contributed by atoms with Crippen molar-refractivity contribution < 1.29 is 9.47 Å². The van der Waals surface area contributed by atoms with Crippen molar-refractivity contribution in [3.63, 3.8) is 0 Å². The van der Waals surface area contributed by atoms with Crippen LogP contribution < -0.4 is 9.47 Å². The fourth-order valence-electron chi connectivity index (χ4n) is 1.00. The first kappa shape index (κ1) is 10.8. The average molecular weight is 196 g/mol. The highest BCUT2D eigenvalue weighted by molar-refractivity contribution is 5.31. The van der Waals surface area contributed by atoms with Gasteiger partial charge in [0.1, 0.15) is 5.82 Å². The molecule has 0 aliphatic heterocycles. The van der Waals surface area contributed by atoms with Crippen molar-refractivity contribution in [3.05, 3.63) is 12.0 Å². The largest absolute Gasteiger partial charge is 0.490 e. The quantitative estimate of drug-likeness (QED) is 0.723. The lowest BCUT2D eigenvalue weighted by Crippen LogP contribution is -2.16. The first-order chi connectivity index (χ1) is 6.49. The van der Waals surface area contributed by atoms with Crippen LogP contribution in [0.25, 0.3) is 0 Å². The van der Waals surface area contributed by atoms with Gasteiger partial charge in [0.05, 0.1) is 20.4 Å². The maximum atomic E-state index is 5.10. The zero-order valence-electron chi connectivity index (χ0n) is 9.29. The molecular weight excluding hydrogens is 180 g/mol. The molecule has 0 fully saturated rings. The summed E-state index contributed by atoms with van der Waals surface area (Å²) >= 11 is 0. The zero-order valence-corrected chi connectivity index (χ0v) is 9.29. The predicted octanol–water partition coefficient (Wildman–Crippen LogP) is 1.79. The molecule has 0 unspecified atom stereocenters. The second-order valence-corrected chi connectivity index (χ2v) is 4.02. The maximum Gasteiger partial charge on any atom is 0.260 e. The van der Waals surface area contributed by atoms with Crippen molar-refractivity contribution in [2.24, 2.45) is 0 Å². The van der Waals surface area contributed by atoms with E-state index in [0.717, 1.165) is 5.82 Å². The number of ether oxygens (including phenoxy) is 2. The first-order valence-electron chi connectivity index (χ1n) is 4.44. The van der Waals surface area contributed by atoms with E-state index in [-0.39, 0.29) is 5.41 Å². The Hall–Kier alpha value is -1.32. The fourth-order valence-corrected chi connectivity index (χ4v) is 1.00. The SMILES string of the molecule is COc1cnc(C(C)(C)C)nc1OC. The number of aromatic nitrogens is 2. The summed E-state index contributed by atoms with van der Waals surface area (Å²) in [6.07, 6.45) is 1.63. The van der Waals surface area contributed by atoms with E-state index in [1.807, 2.05) is 20.8 Å². The smallest absolute Gasteiger partial charge is 0.260 e. The highest BCUT2D eigenvalue weighted by Crippen LogP contribution is 2.26. The van der Waals surface area contributed by atoms with Crippen LogP contribution in [0.1, 0.15) is 26.6 Å². The fraction of sp³-hybridized carbons (Fsp3) is 0.600. The molecule has 1 aromatic rings. The Morgan fingerprint density at radius 2 is 1.79 bits per heavy atom. The van der Waals surface area contributed by atoms with Crippen LogP contribution in [0.3, 0.4) is 0 Å². The summed E-state index contributed by atoms with van der Waals surface area (Å²) in [7, 11) is 3.13. The Bertz CT molecular complexity index is 318. The van der Waals surface area contributed by atoms with E-state index in [1.165, 1.54) is 0 Å². The van der Waals surface area contributed by atoms with Crippen molar-refractivity contribution in [1.29, 1.82) is 0 Å². The molecule has 14 heavy (non-hydrogen) atoms. The Kier molecular flexibility index (Phi) is 2.93. The van der Waals surface area contributed by atoms with Gasteiger partial charge < -0.3 is 9.47 Å². The van der Waals surface area contributed by atoms with Crippen LogP contribution in [0.4, 0.5) is 0 Å². The van der Waals surface area contributed by atoms with E-state index in [0.29, 0.717) is 11.6 Å². The van der Waals surface area contributed by atoms with Crippen molar-refractivity contribution in [1.82, 2.24) is 9.97 Å². The Balaban J connectivity index is 3.14. The van der Waals surface area contributed by atoms with Gasteiger partial charge in [0.15, 0.2) is 5.75 Å². The number of nitrogens with zero attached hydrogens (tertiary/aromatic N) is 2. The van der Waals surface area contributed by atoms with Crippen LogP contribution in [0.2, 0.25) is 0 Å². The van der Waals surface area contributed by atoms with E-state index in [9.17, 15) is 0 Å². The van der Waals surface area contributed by atoms with Crippen LogP contribution in [0.15, 0.2) is 6.20 Å². The number of hydrogen-bond acceptors (Lipinski definition) is 4. The molecule has 1 aromatic heterocycles. The number of methoxy groups -OCH3 is 2. The summed E-state index contributed by atoms with van der Waals surface area (Å²) in [5, 5.41) is 0. The van der Waals surface area contributed by atoms with Gasteiger partial charge in [0.2, 0.25) is 0 Å². The van der Waals surface area contributed by atoms with E-state index < -0.39 is 0 Å². The van der Waals surface area contributed by atoms with Gasteiger partial charge in [-0.15, -0.1) is 0 Å². The molecule has 0 amide bonds. The molecule has 1 heterocycles. The number of rotatable bonds is 2. The topological polar surface area (TPSA) is 44.2 Å². The highest BCUT2D eigenvalue weighted by Gasteiger charge is 2.19. The van der Waals surface area contributed by atoms with Crippen LogP contribution >= 0.6 is 0 Å². The van der Waals surface area contributed by atoms with Gasteiger partial charge in [0.25, 0.3) is 5.88 Å². The predicted molar refractivity (Wildman–Crippen MR) is 53.8 cm³/mol. The van der Waals surface area contributed by atoms with E-state index >= 15 is 0 Å². The second kappa shape index (κ2) is 3.82. The Morgan fingerprint density at radius 1 is 1.14 bits per heavy atom. The third-order valence-corrected chi connectivity index (χ3v) is 1.81. The minimum atomic E-state index is -0.0838. The van der Waals surface area contributed by atoms with Gasteiger partial charge >= 0.3 is 0 Å². The molecule has 0 aliphatic carbocycles. The molecule has 0 N–H and O–H groups in total. The van der Waals surface area contributed by atoms with Crippen LogP contribution in [-0.4, -0.2) is 24.2 Å². The van der Waals surface area contributed by atoms with E-state index in [2.05, 4.69) is 9.97 Å². The van der Waals surface area contributed by atoms with Gasteiger partial charge in [-0.2, -0.15) is 4.98 Å². The molecule has 0 aliphatic rings. The van der Waals surface area contributed by atoms with Gasteiger partial charge in [-0.05, 0) is 0 Å². The van der Waals surface area contributed by atoms with Crippen molar-refractivity contribution >= 4 is 0 Å². The molecule has 78 valence electrons. The van der Waals surface area contributed by atoms with Crippen molar-refractivity contribution in [2.75, 3.05) is 14.2 Å². The van der Waals surface area contributed by atoms with Gasteiger partial charge in [-0.3, -0.25) is 0 Å². The van der Waals surface area contributed by atoms with E-state index in [1.54, 1.807) is 20.4 Å². The Labute approximate surface area is 84.3 Å². The molecule has 0 spiro atoms. The summed E-state index contributed by atoms with van der Waals surface area (Å²) in [6.45, 7) is 6.15. The average Bonchev–Trinajstić information content (AvgIpc) is 2.15. The van der Waals surface area contributed by atoms with Crippen LogP contribution in [0, 0.1) is 0 Å². The molecule has 0 saturated heterocycles. The summed E-state index contributed by atoms with van der Waals surface area (Å²) in [6, 6.07) is 0. The monoisotopic (exact) mass is 196 g/mol. The molecule has 0 saturated carbocycles. The van der Waals surface area contributed by atoms with Crippen LogP contribution in [0.5, 0.6) is 11.6 Å². The molecule has 1 rings (SSSR count). The lowest BCUT2D eigenvalue weighted by Gasteiger charge is -2.17. The normalized spacial score (nSPS) is 11.2. The van der Waals surface area contributed by atoms with Crippen molar-refractivity contribution in [3.8, 4) is 11.6 Å². The molecular formula is C10H16N2O2. The molecule has 0 aromatic carbocycles. The maximum absolute atomic E-state index is 5.10. The Morgan fingerprint density at radius 3 is 2.21 bits per heavy atom. The van der Waals surface area contributed by atoms with Crippen LogP contribution in [-0.2, 0) is 5.41 Å². The van der Waals surface area contributed by atoms with Gasteiger partial charge in [-0.1, -0.05) is 20.8 Å². The minimum absolute atomic E-state index is 0.0838.